The molecule has 6 rings (SSSR count). The van der Waals surface area contributed by atoms with E-state index < -0.39 is 11.7 Å². The molecule has 10 nitrogen and oxygen atoms in total. The fourth-order valence-electron chi connectivity index (χ4n) is 6.96. The number of hydrogen-bond acceptors (Lipinski definition) is 8. The first-order chi connectivity index (χ1) is 19.1. The first-order valence-corrected chi connectivity index (χ1v) is 14.7. The summed E-state index contributed by atoms with van der Waals surface area (Å²) in [6.45, 7) is 5.23. The van der Waals surface area contributed by atoms with Gasteiger partial charge in [0, 0.05) is 38.9 Å². The van der Waals surface area contributed by atoms with Crippen molar-refractivity contribution in [3.8, 4) is 0 Å². The lowest BCUT2D eigenvalue weighted by Gasteiger charge is -2.44. The van der Waals surface area contributed by atoms with Gasteiger partial charge in [0.25, 0.3) is 5.91 Å². The van der Waals surface area contributed by atoms with E-state index in [0.717, 1.165) is 64.2 Å². The monoisotopic (exact) mass is 540 g/mol. The number of pyridine rings is 1. The number of nitrogen functional groups attached to an aromatic ring is 1. The van der Waals surface area contributed by atoms with Gasteiger partial charge in [0.2, 0.25) is 0 Å². The molecule has 1 saturated carbocycles. The van der Waals surface area contributed by atoms with Crippen molar-refractivity contribution in [2.24, 2.45) is 0 Å². The van der Waals surface area contributed by atoms with Gasteiger partial charge in [-0.25, -0.2) is 9.07 Å². The highest BCUT2D eigenvalue weighted by molar-refractivity contribution is 6.12. The quantitative estimate of drug-likeness (QED) is 0.541. The molecule has 0 bridgehead atoms. The molecule has 0 radical (unpaired) electrons. The average molecular weight is 541 g/mol. The van der Waals surface area contributed by atoms with Gasteiger partial charge in [-0.05, 0) is 18.9 Å². The second-order valence-electron chi connectivity index (χ2n) is 11.5. The van der Waals surface area contributed by atoms with Crippen LogP contribution >= 0.6 is 0 Å². The zero-order valence-electron chi connectivity index (χ0n) is 22.7. The Morgan fingerprint density at radius 2 is 1.90 bits per heavy atom. The zero-order chi connectivity index (χ0) is 26.8. The predicted octanol–water partition coefficient (Wildman–Crippen LogP) is 3.62. The number of ether oxygens (including phenoxy) is 1. The van der Waals surface area contributed by atoms with E-state index in [1.54, 1.807) is 17.1 Å². The summed E-state index contributed by atoms with van der Waals surface area (Å²) >= 11 is 0. The molecular weight excluding hydrogens is 499 g/mol. The predicted molar refractivity (Wildman–Crippen MR) is 150 cm³/mol. The van der Waals surface area contributed by atoms with Gasteiger partial charge in [-0.1, -0.05) is 44.9 Å². The van der Waals surface area contributed by atoms with E-state index in [2.05, 4.69) is 30.5 Å². The van der Waals surface area contributed by atoms with Crippen LogP contribution in [-0.4, -0.2) is 83.7 Å². The summed E-state index contributed by atoms with van der Waals surface area (Å²) in [4.78, 5) is 22.8. The van der Waals surface area contributed by atoms with Crippen molar-refractivity contribution >= 4 is 28.9 Å². The summed E-state index contributed by atoms with van der Waals surface area (Å²) in [5.41, 5.74) is 7.44. The lowest BCUT2D eigenvalue weighted by Crippen LogP contribution is -2.58. The maximum absolute atomic E-state index is 15.7. The van der Waals surface area contributed by atoms with Crippen LogP contribution in [0.25, 0.3) is 0 Å². The standard InChI is InChI=1S/C28H41FN8O2/c29-23-17-32-26-24(25(30)34-37(26)28(23)9-6-4-2-1-3-5-7-10-28)27(38)33-21-16-31-11-8-22(21)36-13-12-35-14-15-39-19-20(35)18-36/h8,11,16,20,23,32H,1-7,9-10,12-15,17-19H2,(H2,30,34)(H,33,38)/t20-,23?/m1/s1. The summed E-state index contributed by atoms with van der Waals surface area (Å²) < 4.78 is 23.2. The van der Waals surface area contributed by atoms with E-state index in [9.17, 15) is 4.79 Å². The largest absolute Gasteiger partial charge is 0.381 e. The van der Waals surface area contributed by atoms with Crippen molar-refractivity contribution < 1.29 is 13.9 Å². The third kappa shape index (κ3) is 5.06. The number of halogens is 1. The van der Waals surface area contributed by atoms with Crippen molar-refractivity contribution in [2.75, 3.05) is 67.2 Å². The minimum atomic E-state index is -1.09. The number of anilines is 4. The Balaban J connectivity index is 1.26. The van der Waals surface area contributed by atoms with Gasteiger partial charge in [-0.15, -0.1) is 0 Å². The lowest BCUT2D eigenvalue weighted by molar-refractivity contribution is -0.0116. The van der Waals surface area contributed by atoms with Gasteiger partial charge in [-0.2, -0.15) is 5.10 Å². The van der Waals surface area contributed by atoms with Gasteiger partial charge in [0.05, 0.1) is 42.4 Å². The van der Waals surface area contributed by atoms with Gasteiger partial charge in [-0.3, -0.25) is 14.7 Å². The number of carbonyl (C=O) groups excluding carboxylic acids is 1. The molecule has 5 heterocycles. The summed E-state index contributed by atoms with van der Waals surface area (Å²) in [7, 11) is 0. The molecule has 2 saturated heterocycles. The number of morpholine rings is 1. The number of piperazine rings is 1. The van der Waals surface area contributed by atoms with Crippen molar-refractivity contribution in [2.45, 2.75) is 75.5 Å². The molecule has 0 aromatic carbocycles. The number of fused-ring (bicyclic) bond motifs is 3. The number of alkyl halides is 1. The Bertz CT molecular complexity index is 1160. The maximum Gasteiger partial charge on any atom is 0.263 e. The summed E-state index contributed by atoms with van der Waals surface area (Å²) in [6.07, 6.45) is 11.4. The van der Waals surface area contributed by atoms with Crippen molar-refractivity contribution in [1.29, 1.82) is 0 Å². The van der Waals surface area contributed by atoms with E-state index >= 15 is 4.39 Å². The molecule has 11 heteroatoms. The van der Waals surface area contributed by atoms with E-state index in [4.69, 9.17) is 10.5 Å². The minimum Gasteiger partial charge on any atom is -0.381 e. The smallest absolute Gasteiger partial charge is 0.263 e. The normalized spacial score (nSPS) is 25.8. The van der Waals surface area contributed by atoms with E-state index in [1.165, 1.54) is 19.3 Å². The number of carbonyl (C=O) groups is 1. The molecule has 4 aliphatic rings. The second kappa shape index (κ2) is 11.3. The Morgan fingerprint density at radius 3 is 2.69 bits per heavy atom. The number of hydrogen-bond donors (Lipinski definition) is 3. The fraction of sp³-hybridized carbons (Fsp3) is 0.679. The number of rotatable bonds is 3. The highest BCUT2D eigenvalue weighted by Gasteiger charge is 2.47. The Morgan fingerprint density at radius 1 is 1.13 bits per heavy atom. The van der Waals surface area contributed by atoms with Crippen LogP contribution in [0.2, 0.25) is 0 Å². The zero-order valence-corrected chi connectivity index (χ0v) is 22.7. The van der Waals surface area contributed by atoms with Crippen LogP contribution in [0.4, 0.5) is 27.4 Å². The average Bonchev–Trinajstić information content (AvgIpc) is 3.31. The lowest BCUT2D eigenvalue weighted by atomic mass is 9.80. The van der Waals surface area contributed by atoms with E-state index in [1.807, 2.05) is 6.07 Å². The van der Waals surface area contributed by atoms with Crippen LogP contribution in [0.15, 0.2) is 18.5 Å². The van der Waals surface area contributed by atoms with Crippen molar-refractivity contribution in [3.05, 3.63) is 24.0 Å². The van der Waals surface area contributed by atoms with Crippen LogP contribution in [-0.2, 0) is 10.3 Å². The van der Waals surface area contributed by atoms with E-state index in [-0.39, 0.29) is 23.8 Å². The third-order valence-corrected chi connectivity index (χ3v) is 9.14. The SMILES string of the molecule is Nc1nn2c(c1C(=O)Nc1cnccc1N1CCN3CCOC[C@H]3C1)NCC(F)C21CCCCCCCCC1. The number of nitrogens with zero attached hydrogens (tertiary/aromatic N) is 5. The van der Waals surface area contributed by atoms with Gasteiger partial charge < -0.3 is 26.0 Å². The highest BCUT2D eigenvalue weighted by atomic mass is 19.1. The van der Waals surface area contributed by atoms with Gasteiger partial charge in [0.1, 0.15) is 17.6 Å². The highest BCUT2D eigenvalue weighted by Crippen LogP contribution is 2.43. The first kappa shape index (κ1) is 26.3. The molecule has 1 unspecified atom stereocenters. The molecule has 4 N–H and O–H groups in total. The molecule has 3 aliphatic heterocycles. The Kier molecular flexibility index (Phi) is 7.61. The molecule has 1 aliphatic carbocycles. The maximum atomic E-state index is 15.7. The van der Waals surface area contributed by atoms with Gasteiger partial charge >= 0.3 is 0 Å². The first-order valence-electron chi connectivity index (χ1n) is 14.7. The Labute approximate surface area is 229 Å². The molecule has 212 valence electrons. The van der Waals surface area contributed by atoms with Crippen LogP contribution in [0.3, 0.4) is 0 Å². The molecule has 39 heavy (non-hydrogen) atoms. The fourth-order valence-corrected chi connectivity index (χ4v) is 6.96. The number of amides is 1. The van der Waals surface area contributed by atoms with Gasteiger partial charge in [0.15, 0.2) is 5.82 Å². The molecule has 2 atom stereocenters. The number of nitrogens with two attached hydrogens (primary N) is 1. The molecule has 2 aromatic rings. The molecule has 1 spiro atoms. The van der Waals surface area contributed by atoms with Crippen molar-refractivity contribution in [1.82, 2.24) is 19.7 Å². The Hall–Kier alpha value is -2.92. The van der Waals surface area contributed by atoms with Crippen LogP contribution in [0, 0.1) is 0 Å². The number of aromatic nitrogens is 3. The summed E-state index contributed by atoms with van der Waals surface area (Å²) in [5.74, 6) is 0.288. The summed E-state index contributed by atoms with van der Waals surface area (Å²) in [5, 5.41) is 10.8. The molecular formula is C28H41FN8O2. The molecule has 1 amide bonds. The van der Waals surface area contributed by atoms with Crippen LogP contribution in [0.5, 0.6) is 0 Å². The minimum absolute atomic E-state index is 0.124. The molecule has 3 fully saturated rings. The molecule has 2 aromatic heterocycles. The second-order valence-corrected chi connectivity index (χ2v) is 11.5. The van der Waals surface area contributed by atoms with Crippen LogP contribution < -0.4 is 21.3 Å². The van der Waals surface area contributed by atoms with Crippen LogP contribution in [0.1, 0.15) is 68.1 Å². The number of nitrogens with one attached hydrogen (secondary N) is 2. The van der Waals surface area contributed by atoms with E-state index in [0.29, 0.717) is 37.0 Å². The topological polar surface area (TPSA) is 114 Å². The third-order valence-electron chi connectivity index (χ3n) is 9.14. The summed E-state index contributed by atoms with van der Waals surface area (Å²) in [6, 6.07) is 2.26. The van der Waals surface area contributed by atoms with Crippen molar-refractivity contribution in [3.63, 3.8) is 0 Å².